The topological polar surface area (TPSA) is 61.6 Å². The van der Waals surface area contributed by atoms with Gasteiger partial charge in [0.25, 0.3) is 5.69 Å². The molecule has 0 saturated heterocycles. The third-order valence-electron chi connectivity index (χ3n) is 2.49. The SMILES string of the molecule is CCCCOCCOCc1ccc(Cl)c([N+](=O)[O-])c1. The summed E-state index contributed by atoms with van der Waals surface area (Å²) in [6.07, 6.45) is 2.15. The van der Waals surface area contributed by atoms with Crippen LogP contribution >= 0.6 is 11.6 Å². The summed E-state index contributed by atoms with van der Waals surface area (Å²) in [5.74, 6) is 0. The lowest BCUT2D eigenvalue weighted by atomic mass is 10.2. The van der Waals surface area contributed by atoms with E-state index in [4.69, 9.17) is 21.1 Å². The van der Waals surface area contributed by atoms with Crippen LogP contribution in [0.5, 0.6) is 0 Å². The Morgan fingerprint density at radius 3 is 2.68 bits per heavy atom. The van der Waals surface area contributed by atoms with Gasteiger partial charge in [-0.1, -0.05) is 31.0 Å². The third kappa shape index (κ3) is 6.00. The van der Waals surface area contributed by atoms with Crippen LogP contribution in [0, 0.1) is 10.1 Å². The van der Waals surface area contributed by atoms with E-state index in [9.17, 15) is 10.1 Å². The molecule has 0 amide bonds. The molecule has 1 rings (SSSR count). The number of nitrogens with zero attached hydrogens (tertiary/aromatic N) is 1. The lowest BCUT2D eigenvalue weighted by molar-refractivity contribution is -0.384. The maximum atomic E-state index is 10.7. The van der Waals surface area contributed by atoms with Crippen molar-refractivity contribution in [3.8, 4) is 0 Å². The highest BCUT2D eigenvalue weighted by Crippen LogP contribution is 2.25. The van der Waals surface area contributed by atoms with Gasteiger partial charge in [0.2, 0.25) is 0 Å². The summed E-state index contributed by atoms with van der Waals surface area (Å²) in [6.45, 7) is 4.17. The van der Waals surface area contributed by atoms with Crippen LogP contribution < -0.4 is 0 Å². The van der Waals surface area contributed by atoms with E-state index in [0.29, 0.717) is 19.8 Å². The fourth-order valence-electron chi connectivity index (χ4n) is 1.44. The number of halogens is 1. The van der Waals surface area contributed by atoms with E-state index < -0.39 is 4.92 Å². The second-order valence-corrected chi connectivity index (χ2v) is 4.47. The van der Waals surface area contributed by atoms with Crippen molar-refractivity contribution in [3.05, 3.63) is 38.9 Å². The monoisotopic (exact) mass is 287 g/mol. The predicted molar refractivity (Wildman–Crippen MR) is 73.5 cm³/mol. The second kappa shape index (κ2) is 8.85. The van der Waals surface area contributed by atoms with Crippen molar-refractivity contribution in [2.24, 2.45) is 0 Å². The van der Waals surface area contributed by atoms with Gasteiger partial charge in [-0.2, -0.15) is 0 Å². The highest BCUT2D eigenvalue weighted by molar-refractivity contribution is 6.32. The molecule has 0 heterocycles. The Morgan fingerprint density at radius 2 is 2.00 bits per heavy atom. The van der Waals surface area contributed by atoms with Crippen molar-refractivity contribution in [2.75, 3.05) is 19.8 Å². The maximum Gasteiger partial charge on any atom is 0.288 e. The molecule has 0 radical (unpaired) electrons. The number of nitro groups is 1. The molecule has 0 bridgehead atoms. The van der Waals surface area contributed by atoms with Crippen LogP contribution in [0.4, 0.5) is 5.69 Å². The predicted octanol–water partition coefficient (Wildman–Crippen LogP) is 3.58. The van der Waals surface area contributed by atoms with Crippen molar-refractivity contribution in [2.45, 2.75) is 26.4 Å². The quantitative estimate of drug-likeness (QED) is 0.396. The van der Waals surface area contributed by atoms with E-state index in [1.54, 1.807) is 6.07 Å². The molecule has 0 aliphatic rings. The molecule has 1 aromatic rings. The molecular weight excluding hydrogens is 270 g/mol. The van der Waals surface area contributed by atoms with Crippen molar-refractivity contribution in [3.63, 3.8) is 0 Å². The first-order valence-electron chi connectivity index (χ1n) is 6.23. The lowest BCUT2D eigenvalue weighted by Crippen LogP contribution is -2.05. The average molecular weight is 288 g/mol. The molecule has 1 aromatic carbocycles. The summed E-state index contributed by atoms with van der Waals surface area (Å²) >= 11 is 5.72. The van der Waals surface area contributed by atoms with Gasteiger partial charge in [0, 0.05) is 12.7 Å². The largest absolute Gasteiger partial charge is 0.379 e. The molecule has 0 spiro atoms. The summed E-state index contributed by atoms with van der Waals surface area (Å²) in [4.78, 5) is 10.2. The first-order chi connectivity index (χ1) is 9.15. The van der Waals surface area contributed by atoms with E-state index in [0.717, 1.165) is 25.0 Å². The molecular formula is C13H18ClNO4. The summed E-state index contributed by atoms with van der Waals surface area (Å²) in [5.41, 5.74) is 0.631. The summed E-state index contributed by atoms with van der Waals surface area (Å²) in [5, 5.41) is 10.8. The normalized spacial score (nSPS) is 10.6. The molecule has 0 saturated carbocycles. The van der Waals surface area contributed by atoms with E-state index >= 15 is 0 Å². The summed E-state index contributed by atoms with van der Waals surface area (Å²) in [6, 6.07) is 4.66. The Bertz CT molecular complexity index is 412. The van der Waals surface area contributed by atoms with E-state index in [1.807, 2.05) is 0 Å². The van der Waals surface area contributed by atoms with Gasteiger partial charge in [0.15, 0.2) is 0 Å². The summed E-state index contributed by atoms with van der Waals surface area (Å²) in [7, 11) is 0. The van der Waals surface area contributed by atoms with Crippen molar-refractivity contribution < 1.29 is 14.4 Å². The van der Waals surface area contributed by atoms with E-state index in [2.05, 4.69) is 6.92 Å². The number of ether oxygens (including phenoxy) is 2. The van der Waals surface area contributed by atoms with Gasteiger partial charge in [-0.25, -0.2) is 0 Å². The minimum Gasteiger partial charge on any atom is -0.379 e. The minimum absolute atomic E-state index is 0.0954. The minimum atomic E-state index is -0.500. The number of nitro benzene ring substituents is 1. The Kier molecular flexibility index (Phi) is 7.40. The molecule has 0 atom stereocenters. The van der Waals surface area contributed by atoms with E-state index in [1.165, 1.54) is 12.1 Å². The fraction of sp³-hybridized carbons (Fsp3) is 0.538. The van der Waals surface area contributed by atoms with Gasteiger partial charge in [0.05, 0.1) is 24.7 Å². The van der Waals surface area contributed by atoms with Crippen molar-refractivity contribution >= 4 is 17.3 Å². The number of hydrogen-bond acceptors (Lipinski definition) is 4. The Morgan fingerprint density at radius 1 is 1.26 bits per heavy atom. The molecule has 0 aliphatic carbocycles. The number of hydrogen-bond donors (Lipinski definition) is 0. The van der Waals surface area contributed by atoms with Gasteiger partial charge >= 0.3 is 0 Å². The van der Waals surface area contributed by atoms with Gasteiger partial charge in [-0.15, -0.1) is 0 Å². The van der Waals surface area contributed by atoms with Gasteiger partial charge in [-0.3, -0.25) is 10.1 Å². The zero-order chi connectivity index (χ0) is 14.1. The lowest BCUT2D eigenvalue weighted by Gasteiger charge is -2.06. The molecule has 0 fully saturated rings. The molecule has 0 aromatic heterocycles. The Balaban J connectivity index is 2.30. The standard InChI is InChI=1S/C13H18ClNO4/c1-2-3-6-18-7-8-19-10-11-4-5-12(14)13(9-11)15(16)17/h4-5,9H,2-3,6-8,10H2,1H3. The number of rotatable bonds is 9. The van der Waals surface area contributed by atoms with Crippen LogP contribution in [0.25, 0.3) is 0 Å². The van der Waals surface area contributed by atoms with Gasteiger partial charge < -0.3 is 9.47 Å². The smallest absolute Gasteiger partial charge is 0.288 e. The highest BCUT2D eigenvalue weighted by Gasteiger charge is 2.12. The molecule has 106 valence electrons. The number of unbranched alkanes of at least 4 members (excludes halogenated alkanes) is 1. The van der Waals surface area contributed by atoms with Crippen LogP contribution in [0.3, 0.4) is 0 Å². The molecule has 0 aliphatic heterocycles. The average Bonchev–Trinajstić information content (AvgIpc) is 2.39. The van der Waals surface area contributed by atoms with Crippen LogP contribution in [0.1, 0.15) is 25.3 Å². The van der Waals surface area contributed by atoms with Crippen molar-refractivity contribution in [1.29, 1.82) is 0 Å². The van der Waals surface area contributed by atoms with Gasteiger partial charge in [0.1, 0.15) is 5.02 Å². The van der Waals surface area contributed by atoms with Crippen LogP contribution in [-0.4, -0.2) is 24.7 Å². The molecule has 6 heteroatoms. The Labute approximate surface area is 117 Å². The third-order valence-corrected chi connectivity index (χ3v) is 2.81. The maximum absolute atomic E-state index is 10.7. The van der Waals surface area contributed by atoms with Crippen LogP contribution in [-0.2, 0) is 16.1 Å². The zero-order valence-electron chi connectivity index (χ0n) is 10.9. The fourth-order valence-corrected chi connectivity index (χ4v) is 1.63. The second-order valence-electron chi connectivity index (χ2n) is 4.06. The van der Waals surface area contributed by atoms with E-state index in [-0.39, 0.29) is 10.7 Å². The zero-order valence-corrected chi connectivity index (χ0v) is 11.7. The first kappa shape index (κ1) is 15.9. The summed E-state index contributed by atoms with van der Waals surface area (Å²) < 4.78 is 10.7. The van der Waals surface area contributed by atoms with Crippen molar-refractivity contribution in [1.82, 2.24) is 0 Å². The van der Waals surface area contributed by atoms with Crippen LogP contribution in [0.2, 0.25) is 5.02 Å². The number of benzene rings is 1. The first-order valence-corrected chi connectivity index (χ1v) is 6.61. The molecule has 0 N–H and O–H groups in total. The van der Waals surface area contributed by atoms with Crippen LogP contribution in [0.15, 0.2) is 18.2 Å². The molecule has 5 nitrogen and oxygen atoms in total. The van der Waals surface area contributed by atoms with Gasteiger partial charge in [-0.05, 0) is 18.1 Å². The molecule has 0 unspecified atom stereocenters. The Hall–Kier alpha value is -1.17. The highest BCUT2D eigenvalue weighted by atomic mass is 35.5. The molecule has 19 heavy (non-hydrogen) atoms.